The molecule has 0 amide bonds. The average Bonchev–Trinajstić information content (AvgIpc) is 2.75. The van der Waals surface area contributed by atoms with E-state index in [4.69, 9.17) is 10.00 Å². The van der Waals surface area contributed by atoms with Gasteiger partial charge >= 0.3 is 0 Å². The highest BCUT2D eigenvalue weighted by atomic mass is 32.2. The van der Waals surface area contributed by atoms with Gasteiger partial charge in [-0.25, -0.2) is 17.2 Å². The first-order valence-corrected chi connectivity index (χ1v) is 8.98. The Labute approximate surface area is 143 Å². The molecule has 1 aliphatic heterocycles. The molecule has 130 valence electrons. The summed E-state index contributed by atoms with van der Waals surface area (Å²) in [5.41, 5.74) is -0.119. The molecule has 3 rings (SSSR count). The van der Waals surface area contributed by atoms with Gasteiger partial charge in [-0.3, -0.25) is 0 Å². The number of fused-ring (bicyclic) bond motifs is 1. The largest absolute Gasteiger partial charge is 0.457 e. The van der Waals surface area contributed by atoms with E-state index >= 15 is 0 Å². The first-order chi connectivity index (χ1) is 11.7. The number of ether oxygens (including phenoxy) is 1. The molecule has 8 heteroatoms. The lowest BCUT2D eigenvalue weighted by Gasteiger charge is -2.17. The Morgan fingerprint density at radius 1 is 1.36 bits per heavy atom. The van der Waals surface area contributed by atoms with Crippen LogP contribution in [0.4, 0.5) is 8.78 Å². The molecular formula is C17H13F2NO4S. The minimum absolute atomic E-state index is 0.0219. The molecule has 0 fully saturated rings. The Morgan fingerprint density at radius 3 is 2.72 bits per heavy atom. The van der Waals surface area contributed by atoms with Gasteiger partial charge in [-0.05, 0) is 31.2 Å². The first kappa shape index (κ1) is 17.3. The van der Waals surface area contributed by atoms with Crippen LogP contribution in [0.25, 0.3) is 0 Å². The zero-order valence-corrected chi connectivity index (χ0v) is 13.8. The van der Waals surface area contributed by atoms with Gasteiger partial charge in [0.05, 0.1) is 28.4 Å². The summed E-state index contributed by atoms with van der Waals surface area (Å²) in [7, 11) is -3.69. The zero-order valence-electron chi connectivity index (χ0n) is 13.0. The van der Waals surface area contributed by atoms with Crippen molar-refractivity contribution < 1.29 is 27.0 Å². The van der Waals surface area contributed by atoms with Gasteiger partial charge in [-0.2, -0.15) is 5.26 Å². The number of aliphatic hydroxyl groups excluding tert-OH is 1. The molecule has 0 aromatic heterocycles. The predicted molar refractivity (Wildman–Crippen MR) is 84.2 cm³/mol. The summed E-state index contributed by atoms with van der Waals surface area (Å²) in [6.07, 6.45) is -2.99. The van der Waals surface area contributed by atoms with Gasteiger partial charge in [0, 0.05) is 17.2 Å². The smallest absolute Gasteiger partial charge is 0.181 e. The topological polar surface area (TPSA) is 87.4 Å². The van der Waals surface area contributed by atoms with E-state index in [0.29, 0.717) is 0 Å². The molecule has 5 nitrogen and oxygen atoms in total. The van der Waals surface area contributed by atoms with E-state index in [1.165, 1.54) is 25.1 Å². The minimum Gasteiger partial charge on any atom is -0.457 e. The van der Waals surface area contributed by atoms with Crippen LogP contribution in [-0.2, 0) is 9.84 Å². The molecule has 0 radical (unpaired) electrons. The molecule has 2 aromatic rings. The lowest BCUT2D eigenvalue weighted by atomic mass is 9.99. The number of hydrogen-bond acceptors (Lipinski definition) is 5. The van der Waals surface area contributed by atoms with Crippen LogP contribution in [0.5, 0.6) is 11.5 Å². The average molecular weight is 365 g/mol. The van der Waals surface area contributed by atoms with E-state index < -0.39 is 33.7 Å². The molecule has 0 aliphatic carbocycles. The van der Waals surface area contributed by atoms with Crippen molar-refractivity contribution in [1.82, 2.24) is 0 Å². The van der Waals surface area contributed by atoms with Crippen molar-refractivity contribution in [3.8, 4) is 17.6 Å². The number of alkyl halides is 1. The van der Waals surface area contributed by atoms with Gasteiger partial charge in [-0.15, -0.1) is 0 Å². The Kier molecular flexibility index (Phi) is 4.22. The highest BCUT2D eigenvalue weighted by Crippen LogP contribution is 2.44. The van der Waals surface area contributed by atoms with Crippen LogP contribution in [-0.4, -0.2) is 19.3 Å². The van der Waals surface area contributed by atoms with Crippen molar-refractivity contribution >= 4 is 9.84 Å². The molecule has 1 unspecified atom stereocenters. The van der Waals surface area contributed by atoms with Gasteiger partial charge in [0.15, 0.2) is 9.84 Å². The molecule has 1 heterocycles. The van der Waals surface area contributed by atoms with Crippen molar-refractivity contribution in [3.63, 3.8) is 0 Å². The summed E-state index contributed by atoms with van der Waals surface area (Å²) < 4.78 is 57.3. The third-order valence-corrected chi connectivity index (χ3v) is 5.66. The van der Waals surface area contributed by atoms with E-state index in [9.17, 15) is 22.3 Å². The number of halogens is 2. The van der Waals surface area contributed by atoms with E-state index in [1.54, 1.807) is 6.07 Å². The number of hydrogen-bond donors (Lipinski definition) is 1. The van der Waals surface area contributed by atoms with Crippen LogP contribution in [0.15, 0.2) is 35.2 Å². The van der Waals surface area contributed by atoms with Crippen LogP contribution in [0.2, 0.25) is 0 Å². The predicted octanol–water partition coefficient (Wildman–Crippen LogP) is 3.34. The third-order valence-electron chi connectivity index (χ3n) is 3.88. The molecule has 2 aromatic carbocycles. The molecule has 1 aliphatic rings. The van der Waals surface area contributed by atoms with Crippen molar-refractivity contribution in [3.05, 3.63) is 52.8 Å². The summed E-state index contributed by atoms with van der Waals surface area (Å²) in [6.45, 7) is 1.19. The molecule has 1 N–H and O–H groups in total. The molecule has 25 heavy (non-hydrogen) atoms. The zero-order chi connectivity index (χ0) is 18.4. The lowest BCUT2D eigenvalue weighted by Crippen LogP contribution is -2.04. The van der Waals surface area contributed by atoms with Gasteiger partial charge < -0.3 is 9.84 Å². The quantitative estimate of drug-likeness (QED) is 0.901. The normalized spacial score (nSPS) is 19.1. The van der Waals surface area contributed by atoms with E-state index in [0.717, 1.165) is 12.1 Å². The van der Waals surface area contributed by atoms with Gasteiger partial charge in [0.1, 0.15) is 23.5 Å². The molecule has 0 saturated carbocycles. The first-order valence-electron chi connectivity index (χ1n) is 7.33. The van der Waals surface area contributed by atoms with Crippen LogP contribution >= 0.6 is 0 Å². The number of benzene rings is 2. The van der Waals surface area contributed by atoms with Crippen LogP contribution in [0.3, 0.4) is 0 Å². The Balaban J connectivity index is 2.14. The Hall–Kier alpha value is -2.50. The van der Waals surface area contributed by atoms with Crippen molar-refractivity contribution in [2.75, 3.05) is 5.75 Å². The Bertz CT molecular complexity index is 996. The van der Waals surface area contributed by atoms with E-state index in [1.807, 2.05) is 0 Å². The number of nitriles is 1. The van der Waals surface area contributed by atoms with Crippen LogP contribution in [0.1, 0.15) is 35.9 Å². The van der Waals surface area contributed by atoms with Crippen molar-refractivity contribution in [2.24, 2.45) is 0 Å². The number of rotatable bonds is 3. The second-order valence-corrected chi connectivity index (χ2v) is 7.69. The number of nitrogens with zero attached hydrogens (tertiary/aromatic N) is 1. The highest BCUT2D eigenvalue weighted by Gasteiger charge is 2.38. The fraction of sp³-hybridized carbons (Fsp3) is 0.235. The van der Waals surface area contributed by atoms with E-state index in [-0.39, 0.29) is 33.1 Å². The third kappa shape index (κ3) is 3.08. The SMILES string of the molecule is CC(F)c1c(Oc2cc(F)cc(C#N)c2)ccc2c1[C@@H](O)CS2(=O)=O. The van der Waals surface area contributed by atoms with Crippen molar-refractivity contribution in [2.45, 2.75) is 24.1 Å². The highest BCUT2D eigenvalue weighted by molar-refractivity contribution is 7.91. The molecular weight excluding hydrogens is 352 g/mol. The minimum atomic E-state index is -3.69. The summed E-state index contributed by atoms with van der Waals surface area (Å²) in [5, 5.41) is 18.9. The fourth-order valence-electron chi connectivity index (χ4n) is 2.90. The summed E-state index contributed by atoms with van der Waals surface area (Å²) >= 11 is 0. The van der Waals surface area contributed by atoms with Gasteiger partial charge in [0.2, 0.25) is 0 Å². The second-order valence-electron chi connectivity index (χ2n) is 5.69. The number of sulfone groups is 1. The maximum Gasteiger partial charge on any atom is 0.181 e. The standard InChI is InChI=1S/C17H13F2NO4S/c1-9(18)16-14(24-12-5-10(7-20)4-11(19)6-12)2-3-15-17(16)13(21)8-25(15,22)23/h2-6,9,13,21H,8H2,1H3/t9?,13-/m0/s1. The Morgan fingerprint density at radius 2 is 2.08 bits per heavy atom. The second kappa shape index (κ2) is 6.10. The van der Waals surface area contributed by atoms with Gasteiger partial charge in [0.25, 0.3) is 0 Å². The monoisotopic (exact) mass is 365 g/mol. The summed E-state index contributed by atoms with van der Waals surface area (Å²) in [5.74, 6) is -1.30. The molecule has 0 bridgehead atoms. The maximum absolute atomic E-state index is 14.2. The summed E-state index contributed by atoms with van der Waals surface area (Å²) in [6, 6.07) is 7.58. The van der Waals surface area contributed by atoms with Gasteiger partial charge in [-0.1, -0.05) is 0 Å². The molecule has 0 saturated heterocycles. The molecule has 0 spiro atoms. The van der Waals surface area contributed by atoms with Crippen LogP contribution in [0, 0.1) is 17.1 Å². The lowest BCUT2D eigenvalue weighted by molar-refractivity contribution is 0.199. The fourth-order valence-corrected chi connectivity index (χ4v) is 4.52. The summed E-state index contributed by atoms with van der Waals surface area (Å²) in [4.78, 5) is -0.135. The van der Waals surface area contributed by atoms with E-state index in [2.05, 4.69) is 0 Å². The van der Waals surface area contributed by atoms with Crippen molar-refractivity contribution in [1.29, 1.82) is 5.26 Å². The number of aliphatic hydroxyl groups is 1. The maximum atomic E-state index is 14.2. The van der Waals surface area contributed by atoms with Crippen LogP contribution < -0.4 is 4.74 Å². The molecule has 2 atom stereocenters.